The Hall–Kier alpha value is -1.40. The Balaban J connectivity index is 2.08. The van der Waals surface area contributed by atoms with E-state index in [4.69, 9.17) is 0 Å². The molecule has 1 aromatic rings. The first kappa shape index (κ1) is 16.0. The van der Waals surface area contributed by atoms with Crippen LogP contribution in [-0.4, -0.2) is 61.4 Å². The zero-order valence-electron chi connectivity index (χ0n) is 12.3. The van der Waals surface area contributed by atoms with Gasteiger partial charge in [-0.05, 0) is 17.7 Å². The lowest BCUT2D eigenvalue weighted by Crippen LogP contribution is -2.59. The van der Waals surface area contributed by atoms with Crippen LogP contribution in [0.25, 0.3) is 0 Å². The Morgan fingerprint density at radius 2 is 2.00 bits per heavy atom. The molecule has 21 heavy (non-hydrogen) atoms. The van der Waals surface area contributed by atoms with Gasteiger partial charge in [-0.3, -0.25) is 9.59 Å². The van der Waals surface area contributed by atoms with Gasteiger partial charge in [-0.2, -0.15) is 0 Å². The van der Waals surface area contributed by atoms with Gasteiger partial charge < -0.3 is 15.1 Å². The summed E-state index contributed by atoms with van der Waals surface area (Å²) in [7, 11) is 3.43. The SMILES string of the molecule is CN(C)C(=O)C1CNCCN1C(=O)Cc1ccc(Br)cc1. The fraction of sp³-hybridized carbons (Fsp3) is 0.467. The Bertz CT molecular complexity index is 516. The van der Waals surface area contributed by atoms with Gasteiger partial charge in [-0.1, -0.05) is 28.1 Å². The van der Waals surface area contributed by atoms with Crippen LogP contribution in [-0.2, 0) is 16.0 Å². The van der Waals surface area contributed by atoms with Crippen molar-refractivity contribution in [2.75, 3.05) is 33.7 Å². The summed E-state index contributed by atoms with van der Waals surface area (Å²) in [5.41, 5.74) is 0.956. The number of halogens is 1. The van der Waals surface area contributed by atoms with Gasteiger partial charge in [-0.25, -0.2) is 0 Å². The molecule has 1 heterocycles. The average molecular weight is 354 g/mol. The molecule has 6 heteroatoms. The van der Waals surface area contributed by atoms with Crippen LogP contribution in [0.3, 0.4) is 0 Å². The van der Waals surface area contributed by atoms with Crippen molar-refractivity contribution in [1.82, 2.24) is 15.1 Å². The highest BCUT2D eigenvalue weighted by Crippen LogP contribution is 2.13. The number of piperazine rings is 1. The van der Waals surface area contributed by atoms with E-state index >= 15 is 0 Å². The van der Waals surface area contributed by atoms with Crippen molar-refractivity contribution in [3.05, 3.63) is 34.3 Å². The molecule has 1 N–H and O–H groups in total. The van der Waals surface area contributed by atoms with Gasteiger partial charge in [0, 0.05) is 38.2 Å². The van der Waals surface area contributed by atoms with Crippen molar-refractivity contribution < 1.29 is 9.59 Å². The van der Waals surface area contributed by atoms with Crippen LogP contribution < -0.4 is 5.32 Å². The summed E-state index contributed by atoms with van der Waals surface area (Å²) in [5, 5.41) is 3.18. The lowest BCUT2D eigenvalue weighted by atomic mass is 10.1. The third kappa shape index (κ3) is 4.04. The first-order valence-electron chi connectivity index (χ1n) is 6.95. The molecule has 0 aliphatic carbocycles. The maximum absolute atomic E-state index is 12.5. The number of carbonyl (C=O) groups excluding carboxylic acids is 2. The molecular weight excluding hydrogens is 334 g/mol. The molecule has 5 nitrogen and oxygen atoms in total. The molecule has 1 saturated heterocycles. The van der Waals surface area contributed by atoms with Crippen LogP contribution >= 0.6 is 15.9 Å². The number of amides is 2. The molecule has 0 bridgehead atoms. The summed E-state index contributed by atoms with van der Waals surface area (Å²) in [6.45, 7) is 1.81. The Labute approximate surface area is 133 Å². The van der Waals surface area contributed by atoms with Crippen LogP contribution in [0.15, 0.2) is 28.7 Å². The van der Waals surface area contributed by atoms with E-state index < -0.39 is 6.04 Å². The Morgan fingerprint density at radius 3 is 2.62 bits per heavy atom. The molecule has 1 unspecified atom stereocenters. The van der Waals surface area contributed by atoms with Gasteiger partial charge in [0.1, 0.15) is 6.04 Å². The standard InChI is InChI=1S/C15H20BrN3O2/c1-18(2)15(21)13-10-17-7-8-19(13)14(20)9-11-3-5-12(16)6-4-11/h3-6,13,17H,7-10H2,1-2H3. The summed E-state index contributed by atoms with van der Waals surface area (Å²) in [5.74, 6) is -0.0367. The minimum atomic E-state index is -0.406. The van der Waals surface area contributed by atoms with Crippen molar-refractivity contribution in [2.45, 2.75) is 12.5 Å². The Morgan fingerprint density at radius 1 is 1.33 bits per heavy atom. The van der Waals surface area contributed by atoms with Crippen molar-refractivity contribution >= 4 is 27.7 Å². The monoisotopic (exact) mass is 353 g/mol. The fourth-order valence-electron chi connectivity index (χ4n) is 2.40. The molecule has 0 saturated carbocycles. The number of hydrogen-bond donors (Lipinski definition) is 1. The molecule has 1 atom stereocenters. The van der Waals surface area contributed by atoms with Crippen LogP contribution in [0.5, 0.6) is 0 Å². The Kier molecular flexibility index (Phi) is 5.36. The lowest BCUT2D eigenvalue weighted by molar-refractivity contribution is -0.145. The minimum absolute atomic E-state index is 0.000905. The van der Waals surface area contributed by atoms with Gasteiger partial charge in [-0.15, -0.1) is 0 Å². The van der Waals surface area contributed by atoms with Gasteiger partial charge in [0.25, 0.3) is 0 Å². The van der Waals surface area contributed by atoms with Gasteiger partial charge in [0.15, 0.2) is 0 Å². The molecule has 0 aromatic heterocycles. The first-order valence-corrected chi connectivity index (χ1v) is 7.74. The molecular formula is C15H20BrN3O2. The van der Waals surface area contributed by atoms with Crippen LogP contribution in [0.2, 0.25) is 0 Å². The molecule has 2 rings (SSSR count). The summed E-state index contributed by atoms with van der Waals surface area (Å²) in [6, 6.07) is 7.28. The van der Waals surface area contributed by atoms with Crippen LogP contribution in [0, 0.1) is 0 Å². The largest absolute Gasteiger partial charge is 0.347 e. The van der Waals surface area contributed by atoms with Gasteiger partial charge >= 0.3 is 0 Å². The van der Waals surface area contributed by atoms with E-state index in [2.05, 4.69) is 21.2 Å². The second-order valence-electron chi connectivity index (χ2n) is 5.34. The average Bonchev–Trinajstić information content (AvgIpc) is 2.48. The molecule has 0 radical (unpaired) electrons. The summed E-state index contributed by atoms with van der Waals surface area (Å²) in [4.78, 5) is 27.9. The van der Waals surface area contributed by atoms with E-state index in [1.807, 2.05) is 24.3 Å². The van der Waals surface area contributed by atoms with Crippen molar-refractivity contribution in [1.29, 1.82) is 0 Å². The predicted octanol–water partition coefficient (Wildman–Crippen LogP) is 0.880. The minimum Gasteiger partial charge on any atom is -0.347 e. The van der Waals surface area contributed by atoms with Crippen molar-refractivity contribution in [2.24, 2.45) is 0 Å². The number of hydrogen-bond acceptors (Lipinski definition) is 3. The maximum Gasteiger partial charge on any atom is 0.246 e. The van der Waals surface area contributed by atoms with Crippen LogP contribution in [0.4, 0.5) is 0 Å². The molecule has 1 aliphatic rings. The van der Waals surface area contributed by atoms with E-state index in [1.165, 1.54) is 4.90 Å². The zero-order valence-corrected chi connectivity index (χ0v) is 13.9. The smallest absolute Gasteiger partial charge is 0.246 e. The first-order chi connectivity index (χ1) is 9.99. The third-order valence-electron chi connectivity index (χ3n) is 3.56. The summed E-state index contributed by atoms with van der Waals surface area (Å²) < 4.78 is 0.988. The molecule has 114 valence electrons. The van der Waals surface area contributed by atoms with Gasteiger partial charge in [0.2, 0.25) is 11.8 Å². The lowest BCUT2D eigenvalue weighted by Gasteiger charge is -2.36. The van der Waals surface area contributed by atoms with E-state index in [0.29, 0.717) is 19.5 Å². The topological polar surface area (TPSA) is 52.7 Å². The third-order valence-corrected chi connectivity index (χ3v) is 4.09. The zero-order chi connectivity index (χ0) is 15.4. The molecule has 0 spiro atoms. The number of carbonyl (C=O) groups is 2. The summed E-state index contributed by atoms with van der Waals surface area (Å²) in [6.07, 6.45) is 0.324. The number of nitrogens with zero attached hydrogens (tertiary/aromatic N) is 2. The molecule has 1 aliphatic heterocycles. The number of benzene rings is 1. The second kappa shape index (κ2) is 7.04. The number of rotatable bonds is 3. The molecule has 2 amide bonds. The highest BCUT2D eigenvalue weighted by molar-refractivity contribution is 9.10. The molecule has 1 fully saturated rings. The van der Waals surface area contributed by atoms with Crippen molar-refractivity contribution in [3.8, 4) is 0 Å². The van der Waals surface area contributed by atoms with E-state index in [1.54, 1.807) is 19.0 Å². The second-order valence-corrected chi connectivity index (χ2v) is 6.26. The number of nitrogens with one attached hydrogen (secondary N) is 1. The van der Waals surface area contributed by atoms with Crippen LogP contribution in [0.1, 0.15) is 5.56 Å². The highest BCUT2D eigenvalue weighted by atomic mass is 79.9. The van der Waals surface area contributed by atoms with E-state index in [0.717, 1.165) is 16.6 Å². The van der Waals surface area contributed by atoms with E-state index in [9.17, 15) is 9.59 Å². The fourth-order valence-corrected chi connectivity index (χ4v) is 2.66. The normalized spacial score (nSPS) is 18.4. The maximum atomic E-state index is 12.5. The number of likely N-dealkylation sites (N-methyl/N-ethyl adjacent to an activating group) is 1. The molecule has 1 aromatic carbocycles. The highest BCUT2D eigenvalue weighted by Gasteiger charge is 2.32. The summed E-state index contributed by atoms with van der Waals surface area (Å²) >= 11 is 3.38. The predicted molar refractivity (Wildman–Crippen MR) is 84.9 cm³/mol. The van der Waals surface area contributed by atoms with Crippen molar-refractivity contribution in [3.63, 3.8) is 0 Å². The quantitative estimate of drug-likeness (QED) is 0.877. The van der Waals surface area contributed by atoms with Gasteiger partial charge in [0.05, 0.1) is 6.42 Å². The van der Waals surface area contributed by atoms with E-state index in [-0.39, 0.29) is 11.8 Å².